The Morgan fingerprint density at radius 3 is 2.71 bits per heavy atom. The minimum absolute atomic E-state index is 0.0476. The number of hydrogen-bond acceptors (Lipinski definition) is 4. The molecule has 2 aliphatic rings. The van der Waals surface area contributed by atoms with Crippen LogP contribution in [0, 0.1) is 0 Å². The molecular weight excluding hydrogens is 375 g/mol. The summed E-state index contributed by atoms with van der Waals surface area (Å²) in [5.74, 6) is 0.0375. The van der Waals surface area contributed by atoms with Crippen LogP contribution in [0.1, 0.15) is 23.6 Å². The number of fused-ring (bicyclic) bond motifs is 1. The van der Waals surface area contributed by atoms with Crippen LogP contribution in [0.25, 0.3) is 0 Å². The van der Waals surface area contributed by atoms with E-state index in [1.165, 1.54) is 4.90 Å². The number of benzene rings is 1. The predicted octanol–water partition coefficient (Wildman–Crippen LogP) is 1.78. The second kappa shape index (κ2) is 6.37. The molecule has 1 aliphatic carbocycles. The van der Waals surface area contributed by atoms with Gasteiger partial charge in [-0.2, -0.15) is 0 Å². The van der Waals surface area contributed by atoms with Crippen LogP contribution in [0.5, 0.6) is 0 Å². The molecule has 0 bridgehead atoms. The van der Waals surface area contributed by atoms with Crippen LogP contribution in [0.15, 0.2) is 12.1 Å². The number of sulfone groups is 1. The highest BCUT2D eigenvalue weighted by atomic mass is 35.5. The summed E-state index contributed by atoms with van der Waals surface area (Å²) in [5.41, 5.74) is 1.50. The van der Waals surface area contributed by atoms with Gasteiger partial charge in [-0.25, -0.2) is 13.2 Å². The van der Waals surface area contributed by atoms with E-state index in [1.807, 2.05) is 0 Å². The Hall–Kier alpha value is -1.02. The van der Waals surface area contributed by atoms with Crippen molar-refractivity contribution >= 4 is 39.1 Å². The lowest BCUT2D eigenvalue weighted by molar-refractivity contribution is 0.0885. The summed E-state index contributed by atoms with van der Waals surface area (Å²) in [6.45, 7) is 0. The molecule has 1 aromatic carbocycles. The number of carbonyl (C=O) groups is 1. The molecule has 2 N–H and O–H groups in total. The predicted molar refractivity (Wildman–Crippen MR) is 92.3 cm³/mol. The number of nitrogens with one attached hydrogen (secondary N) is 1. The molecule has 1 saturated heterocycles. The zero-order chi connectivity index (χ0) is 17.6. The van der Waals surface area contributed by atoms with Crippen LogP contribution in [0.2, 0.25) is 10.0 Å². The quantitative estimate of drug-likeness (QED) is 0.802. The first-order valence-electron chi connectivity index (χ1n) is 7.57. The third-order valence-corrected chi connectivity index (χ3v) is 6.91. The molecule has 9 heteroatoms. The summed E-state index contributed by atoms with van der Waals surface area (Å²) in [4.78, 5) is 13.8. The number of amides is 2. The Morgan fingerprint density at radius 2 is 2.08 bits per heavy atom. The Morgan fingerprint density at radius 1 is 1.38 bits per heavy atom. The first-order valence-corrected chi connectivity index (χ1v) is 10.2. The lowest BCUT2D eigenvalue weighted by Gasteiger charge is -2.29. The molecule has 0 saturated carbocycles. The zero-order valence-electron chi connectivity index (χ0n) is 13.0. The van der Waals surface area contributed by atoms with Crippen molar-refractivity contribution in [2.24, 2.45) is 0 Å². The molecule has 1 aliphatic heterocycles. The molecule has 0 radical (unpaired) electrons. The van der Waals surface area contributed by atoms with E-state index in [0.29, 0.717) is 22.9 Å². The summed E-state index contributed by atoms with van der Waals surface area (Å²) < 4.78 is 23.0. The molecule has 1 aromatic rings. The van der Waals surface area contributed by atoms with Gasteiger partial charge in [-0.3, -0.25) is 0 Å². The van der Waals surface area contributed by atoms with Gasteiger partial charge in [0.2, 0.25) is 0 Å². The number of hydrogen-bond donors (Lipinski definition) is 2. The molecule has 132 valence electrons. The largest absolute Gasteiger partial charge is 0.390 e. The second-order valence-corrected chi connectivity index (χ2v) is 9.40. The maximum atomic E-state index is 12.5. The average Bonchev–Trinajstić information content (AvgIpc) is 2.97. The van der Waals surface area contributed by atoms with Crippen LogP contribution < -0.4 is 5.32 Å². The van der Waals surface area contributed by atoms with Gasteiger partial charge in [-0.1, -0.05) is 23.2 Å². The highest BCUT2D eigenvalue weighted by Gasteiger charge is 2.38. The second-order valence-electron chi connectivity index (χ2n) is 6.33. The minimum Gasteiger partial charge on any atom is -0.390 e. The topological polar surface area (TPSA) is 86.7 Å². The third-order valence-electron chi connectivity index (χ3n) is 4.59. The number of nitrogens with zero attached hydrogens (tertiary/aromatic N) is 1. The van der Waals surface area contributed by atoms with Crippen molar-refractivity contribution in [3.63, 3.8) is 0 Å². The Bertz CT molecular complexity index is 784. The van der Waals surface area contributed by atoms with E-state index in [2.05, 4.69) is 5.32 Å². The van der Waals surface area contributed by atoms with Crippen molar-refractivity contribution < 1.29 is 18.3 Å². The van der Waals surface area contributed by atoms with E-state index in [4.69, 9.17) is 23.2 Å². The maximum Gasteiger partial charge on any atom is 0.317 e. The van der Waals surface area contributed by atoms with Crippen molar-refractivity contribution in [3.8, 4) is 0 Å². The summed E-state index contributed by atoms with van der Waals surface area (Å²) in [7, 11) is -1.51. The van der Waals surface area contributed by atoms with Gasteiger partial charge >= 0.3 is 6.03 Å². The molecule has 2 amide bonds. The third kappa shape index (κ3) is 3.35. The van der Waals surface area contributed by atoms with Crippen molar-refractivity contribution in [1.82, 2.24) is 10.2 Å². The number of aliphatic hydroxyl groups excluding tert-OH is 1. The van der Waals surface area contributed by atoms with Crippen molar-refractivity contribution in [3.05, 3.63) is 33.3 Å². The Kier molecular flexibility index (Phi) is 4.72. The first kappa shape index (κ1) is 17.8. The molecule has 0 aromatic heterocycles. The van der Waals surface area contributed by atoms with Gasteiger partial charge in [0.25, 0.3) is 0 Å². The zero-order valence-corrected chi connectivity index (χ0v) is 15.3. The standard InChI is InChI=1S/C15H18Cl2N2O4S/c1-19(15(21)18-9-2-3-24(22,23)7-9)14-11-4-8(16)5-12(17)10(11)6-13(14)20/h4-5,9,13-14,20H,2-3,6-7H2,1H3,(H,18,21)/t9-,13-,14-/m1/s1. The molecule has 6 nitrogen and oxygen atoms in total. The summed E-state index contributed by atoms with van der Waals surface area (Å²) in [5, 5.41) is 14.0. The van der Waals surface area contributed by atoms with Crippen molar-refractivity contribution in [2.45, 2.75) is 31.0 Å². The average molecular weight is 393 g/mol. The van der Waals surface area contributed by atoms with Crippen LogP contribution in [0.3, 0.4) is 0 Å². The van der Waals surface area contributed by atoms with E-state index in [1.54, 1.807) is 19.2 Å². The van der Waals surface area contributed by atoms with Crippen LogP contribution >= 0.6 is 23.2 Å². The van der Waals surface area contributed by atoms with E-state index in [-0.39, 0.29) is 11.5 Å². The number of likely N-dealkylation sites (N-methyl/N-ethyl adjacent to an activating group) is 1. The van der Waals surface area contributed by atoms with Gasteiger partial charge in [-0.15, -0.1) is 0 Å². The fourth-order valence-electron chi connectivity index (χ4n) is 3.41. The fourth-order valence-corrected chi connectivity index (χ4v) is 5.67. The van der Waals surface area contributed by atoms with Gasteiger partial charge in [0.15, 0.2) is 9.84 Å². The molecule has 1 heterocycles. The number of rotatable bonds is 2. The molecule has 1 fully saturated rings. The highest BCUT2D eigenvalue weighted by Crippen LogP contribution is 2.40. The number of aliphatic hydroxyl groups is 1. The van der Waals surface area contributed by atoms with Gasteiger partial charge in [0.1, 0.15) is 0 Å². The normalized spacial score (nSPS) is 27.8. The monoisotopic (exact) mass is 392 g/mol. The van der Waals surface area contributed by atoms with Crippen molar-refractivity contribution in [1.29, 1.82) is 0 Å². The Balaban J connectivity index is 1.78. The fraction of sp³-hybridized carbons (Fsp3) is 0.533. The molecule has 0 unspecified atom stereocenters. The number of halogens is 2. The highest BCUT2D eigenvalue weighted by molar-refractivity contribution is 7.91. The lowest BCUT2D eigenvalue weighted by atomic mass is 10.1. The number of urea groups is 1. The van der Waals surface area contributed by atoms with Gasteiger partial charge in [0, 0.05) is 29.6 Å². The lowest BCUT2D eigenvalue weighted by Crippen LogP contribution is -2.46. The summed E-state index contributed by atoms with van der Waals surface area (Å²) >= 11 is 12.2. The van der Waals surface area contributed by atoms with Gasteiger partial charge in [-0.05, 0) is 29.7 Å². The Labute approximate surface area is 150 Å². The van der Waals surface area contributed by atoms with Crippen LogP contribution in [0.4, 0.5) is 4.79 Å². The van der Waals surface area contributed by atoms with Gasteiger partial charge < -0.3 is 15.3 Å². The number of carbonyl (C=O) groups excluding carboxylic acids is 1. The van der Waals surface area contributed by atoms with E-state index in [9.17, 15) is 18.3 Å². The first-order chi connectivity index (χ1) is 11.2. The van der Waals surface area contributed by atoms with E-state index >= 15 is 0 Å². The SMILES string of the molecule is CN(C(=O)N[C@@H]1CCS(=O)(=O)C1)[C@@H]1c2cc(Cl)cc(Cl)c2C[C@H]1O. The molecule has 3 atom stereocenters. The summed E-state index contributed by atoms with van der Waals surface area (Å²) in [6, 6.07) is 1.92. The molecule has 3 rings (SSSR count). The molecular formula is C15H18Cl2N2O4S. The van der Waals surface area contributed by atoms with Crippen LogP contribution in [-0.2, 0) is 16.3 Å². The summed E-state index contributed by atoms with van der Waals surface area (Å²) in [6.07, 6.45) is -0.0477. The van der Waals surface area contributed by atoms with Crippen LogP contribution in [-0.4, -0.2) is 55.2 Å². The molecule has 0 spiro atoms. The van der Waals surface area contributed by atoms with E-state index < -0.39 is 34.1 Å². The minimum atomic E-state index is -3.07. The van der Waals surface area contributed by atoms with Gasteiger partial charge in [0.05, 0.1) is 23.7 Å². The smallest absolute Gasteiger partial charge is 0.317 e. The molecule has 24 heavy (non-hydrogen) atoms. The van der Waals surface area contributed by atoms with E-state index in [0.717, 1.165) is 11.1 Å². The maximum absolute atomic E-state index is 12.5. The van der Waals surface area contributed by atoms with Crippen molar-refractivity contribution in [2.75, 3.05) is 18.6 Å².